The molecule has 4 nitrogen and oxygen atoms in total. The van der Waals surface area contributed by atoms with Crippen molar-refractivity contribution in [2.24, 2.45) is 10.9 Å². The Hall–Kier alpha value is -1.71. The first-order valence-corrected chi connectivity index (χ1v) is 5.53. The molecule has 0 spiro atoms. The van der Waals surface area contributed by atoms with Crippen molar-refractivity contribution >= 4 is 11.5 Å². The average molecular weight is 219 g/mol. The lowest BCUT2D eigenvalue weighted by molar-refractivity contribution is 0.316. The SMILES string of the molecule is CC(CC(N)=NO)N1CCc2ccccc21. The van der Waals surface area contributed by atoms with Crippen molar-refractivity contribution in [1.82, 2.24) is 0 Å². The van der Waals surface area contributed by atoms with Crippen LogP contribution in [-0.2, 0) is 6.42 Å². The molecule has 0 aliphatic carbocycles. The zero-order valence-electron chi connectivity index (χ0n) is 9.43. The molecule has 1 aromatic rings. The monoisotopic (exact) mass is 219 g/mol. The maximum absolute atomic E-state index is 8.57. The van der Waals surface area contributed by atoms with E-state index in [1.807, 2.05) is 6.07 Å². The van der Waals surface area contributed by atoms with Crippen LogP contribution < -0.4 is 10.6 Å². The van der Waals surface area contributed by atoms with Crippen molar-refractivity contribution in [3.8, 4) is 0 Å². The van der Waals surface area contributed by atoms with Crippen LogP contribution >= 0.6 is 0 Å². The normalized spacial score (nSPS) is 17.3. The van der Waals surface area contributed by atoms with Gasteiger partial charge in [-0.3, -0.25) is 0 Å². The summed E-state index contributed by atoms with van der Waals surface area (Å²) in [6, 6.07) is 8.67. The van der Waals surface area contributed by atoms with Gasteiger partial charge in [-0.05, 0) is 25.0 Å². The van der Waals surface area contributed by atoms with Gasteiger partial charge in [0.15, 0.2) is 0 Å². The minimum absolute atomic E-state index is 0.263. The molecule has 1 heterocycles. The molecule has 16 heavy (non-hydrogen) atoms. The number of fused-ring (bicyclic) bond motifs is 1. The Morgan fingerprint density at radius 2 is 2.31 bits per heavy atom. The van der Waals surface area contributed by atoms with Crippen molar-refractivity contribution in [3.05, 3.63) is 29.8 Å². The molecule has 1 aliphatic heterocycles. The molecule has 1 aliphatic rings. The van der Waals surface area contributed by atoms with Gasteiger partial charge in [-0.2, -0.15) is 0 Å². The molecule has 0 saturated carbocycles. The molecule has 0 aromatic heterocycles. The zero-order chi connectivity index (χ0) is 11.5. The van der Waals surface area contributed by atoms with Gasteiger partial charge in [-0.1, -0.05) is 23.4 Å². The fourth-order valence-corrected chi connectivity index (χ4v) is 2.28. The first kappa shape index (κ1) is 10.8. The maximum atomic E-state index is 8.57. The first-order valence-electron chi connectivity index (χ1n) is 5.53. The minimum Gasteiger partial charge on any atom is -0.409 e. The number of rotatable bonds is 3. The number of amidine groups is 1. The predicted molar refractivity (Wildman–Crippen MR) is 65.0 cm³/mol. The summed E-state index contributed by atoms with van der Waals surface area (Å²) in [6.07, 6.45) is 1.67. The second-order valence-electron chi connectivity index (χ2n) is 4.22. The smallest absolute Gasteiger partial charge is 0.141 e. The zero-order valence-corrected chi connectivity index (χ0v) is 9.43. The van der Waals surface area contributed by atoms with Gasteiger partial charge >= 0.3 is 0 Å². The quantitative estimate of drug-likeness (QED) is 0.351. The summed E-state index contributed by atoms with van der Waals surface area (Å²) in [4.78, 5) is 2.31. The van der Waals surface area contributed by atoms with Crippen molar-refractivity contribution in [2.75, 3.05) is 11.4 Å². The molecule has 0 fully saturated rings. The summed E-state index contributed by atoms with van der Waals surface area (Å²) < 4.78 is 0. The van der Waals surface area contributed by atoms with Gasteiger partial charge in [0, 0.05) is 24.7 Å². The van der Waals surface area contributed by atoms with Crippen molar-refractivity contribution in [2.45, 2.75) is 25.8 Å². The van der Waals surface area contributed by atoms with Crippen LogP contribution in [0.15, 0.2) is 29.4 Å². The number of benzene rings is 1. The molecular weight excluding hydrogens is 202 g/mol. The summed E-state index contributed by atoms with van der Waals surface area (Å²) in [5, 5.41) is 11.6. The Balaban J connectivity index is 2.13. The van der Waals surface area contributed by atoms with Crippen LogP contribution in [0.2, 0.25) is 0 Å². The van der Waals surface area contributed by atoms with Gasteiger partial charge in [0.2, 0.25) is 0 Å². The summed E-state index contributed by atoms with van der Waals surface area (Å²) in [6.45, 7) is 3.11. The van der Waals surface area contributed by atoms with Gasteiger partial charge in [0.25, 0.3) is 0 Å². The number of anilines is 1. The molecule has 4 heteroatoms. The largest absolute Gasteiger partial charge is 0.409 e. The summed E-state index contributed by atoms with van der Waals surface area (Å²) in [5.74, 6) is 0.289. The van der Waals surface area contributed by atoms with E-state index in [2.05, 4.69) is 35.2 Å². The second kappa shape index (κ2) is 4.43. The summed E-state index contributed by atoms with van der Waals surface area (Å²) in [5.41, 5.74) is 8.20. The van der Waals surface area contributed by atoms with Crippen LogP contribution in [0.5, 0.6) is 0 Å². The van der Waals surface area contributed by atoms with Crippen molar-refractivity contribution in [1.29, 1.82) is 0 Å². The molecule has 86 valence electrons. The highest BCUT2D eigenvalue weighted by Gasteiger charge is 2.23. The third kappa shape index (κ3) is 1.96. The molecule has 1 aromatic carbocycles. The number of hydrogen-bond acceptors (Lipinski definition) is 3. The molecule has 1 atom stereocenters. The average Bonchev–Trinajstić information content (AvgIpc) is 2.72. The summed E-state index contributed by atoms with van der Waals surface area (Å²) >= 11 is 0. The third-order valence-electron chi connectivity index (χ3n) is 3.09. The van der Waals surface area contributed by atoms with E-state index in [9.17, 15) is 0 Å². The number of nitrogens with two attached hydrogens (primary N) is 1. The van der Waals surface area contributed by atoms with Gasteiger partial charge in [0.1, 0.15) is 5.84 Å². The van der Waals surface area contributed by atoms with Crippen LogP contribution in [0.25, 0.3) is 0 Å². The highest BCUT2D eigenvalue weighted by molar-refractivity contribution is 5.80. The molecule has 3 N–H and O–H groups in total. The summed E-state index contributed by atoms with van der Waals surface area (Å²) in [7, 11) is 0. The molecule has 0 amide bonds. The molecule has 1 unspecified atom stereocenters. The first-order chi connectivity index (χ1) is 7.72. The molecule has 0 saturated heterocycles. The van der Waals surface area contributed by atoms with Gasteiger partial charge in [0.05, 0.1) is 0 Å². The second-order valence-corrected chi connectivity index (χ2v) is 4.22. The fraction of sp³-hybridized carbons (Fsp3) is 0.417. The highest BCUT2D eigenvalue weighted by atomic mass is 16.4. The molecule has 0 radical (unpaired) electrons. The van der Waals surface area contributed by atoms with Gasteiger partial charge in [-0.15, -0.1) is 0 Å². The van der Waals surface area contributed by atoms with Crippen molar-refractivity contribution < 1.29 is 5.21 Å². The van der Waals surface area contributed by atoms with E-state index in [1.54, 1.807) is 0 Å². The van der Waals surface area contributed by atoms with Gasteiger partial charge in [-0.25, -0.2) is 0 Å². The van der Waals surface area contributed by atoms with Crippen LogP contribution in [0.1, 0.15) is 18.9 Å². The van der Waals surface area contributed by atoms with Crippen LogP contribution in [0.3, 0.4) is 0 Å². The van der Waals surface area contributed by atoms with E-state index in [0.29, 0.717) is 6.42 Å². The number of para-hydroxylation sites is 1. The number of oxime groups is 1. The third-order valence-corrected chi connectivity index (χ3v) is 3.09. The standard InChI is InChI=1S/C12H17N3O/c1-9(8-12(13)14-16)15-7-6-10-4-2-3-5-11(10)15/h2-5,9,16H,6-8H2,1H3,(H2,13,14). The van der Waals surface area contributed by atoms with E-state index in [1.165, 1.54) is 11.3 Å². The molecule has 2 rings (SSSR count). The molecular formula is C12H17N3O. The maximum Gasteiger partial charge on any atom is 0.141 e. The molecule has 0 bridgehead atoms. The Morgan fingerprint density at radius 3 is 3.06 bits per heavy atom. The van der Waals surface area contributed by atoms with E-state index < -0.39 is 0 Å². The topological polar surface area (TPSA) is 61.9 Å². The van der Waals surface area contributed by atoms with E-state index in [-0.39, 0.29) is 11.9 Å². The lowest BCUT2D eigenvalue weighted by Gasteiger charge is -2.26. The van der Waals surface area contributed by atoms with Crippen LogP contribution in [0, 0.1) is 0 Å². The Kier molecular flexibility index (Phi) is 2.99. The number of hydrogen-bond donors (Lipinski definition) is 2. The van der Waals surface area contributed by atoms with Crippen LogP contribution in [-0.4, -0.2) is 23.6 Å². The van der Waals surface area contributed by atoms with Crippen LogP contribution in [0.4, 0.5) is 5.69 Å². The van der Waals surface area contributed by atoms with Crippen molar-refractivity contribution in [3.63, 3.8) is 0 Å². The predicted octanol–water partition coefficient (Wildman–Crippen LogP) is 1.57. The van der Waals surface area contributed by atoms with Gasteiger partial charge < -0.3 is 15.8 Å². The van der Waals surface area contributed by atoms with E-state index >= 15 is 0 Å². The number of nitrogens with zero attached hydrogens (tertiary/aromatic N) is 2. The Bertz CT molecular complexity index is 403. The Labute approximate surface area is 95.4 Å². The van der Waals surface area contributed by atoms with E-state index in [4.69, 9.17) is 10.9 Å². The highest BCUT2D eigenvalue weighted by Crippen LogP contribution is 2.29. The Morgan fingerprint density at radius 1 is 1.56 bits per heavy atom. The lowest BCUT2D eigenvalue weighted by atomic mass is 10.1. The minimum atomic E-state index is 0.263. The fourth-order valence-electron chi connectivity index (χ4n) is 2.28. The van der Waals surface area contributed by atoms with E-state index in [0.717, 1.165) is 13.0 Å². The lowest BCUT2D eigenvalue weighted by Crippen LogP contribution is -2.35.